The number of aryl methyl sites for hydroxylation is 2. The van der Waals surface area contributed by atoms with Crippen molar-refractivity contribution >= 4 is 31.9 Å². The van der Waals surface area contributed by atoms with E-state index in [9.17, 15) is 0 Å². The van der Waals surface area contributed by atoms with E-state index >= 15 is 0 Å². The zero-order valence-electron chi connectivity index (χ0n) is 14.0. The van der Waals surface area contributed by atoms with Crippen LogP contribution in [0.2, 0.25) is 0 Å². The highest BCUT2D eigenvalue weighted by Crippen LogP contribution is 2.46. The van der Waals surface area contributed by atoms with Crippen LogP contribution in [0, 0.1) is 13.8 Å². The summed E-state index contributed by atoms with van der Waals surface area (Å²) in [5.74, 6) is 0.435. The SMILES string of the molecule is Cc1cc(-c2ccc3c(c2)C(C)c2cc(Br)ccc2-3)c(C)cc1Br. The van der Waals surface area contributed by atoms with Gasteiger partial charge in [0.25, 0.3) is 0 Å². The monoisotopic (exact) mass is 440 g/mol. The maximum atomic E-state index is 3.63. The van der Waals surface area contributed by atoms with Crippen LogP contribution in [-0.2, 0) is 0 Å². The Morgan fingerprint density at radius 2 is 1.38 bits per heavy atom. The molecule has 1 atom stereocenters. The van der Waals surface area contributed by atoms with Crippen LogP contribution < -0.4 is 0 Å². The van der Waals surface area contributed by atoms with E-state index in [2.05, 4.69) is 101 Å². The van der Waals surface area contributed by atoms with Gasteiger partial charge < -0.3 is 0 Å². The van der Waals surface area contributed by atoms with Gasteiger partial charge in [-0.1, -0.05) is 63.0 Å². The van der Waals surface area contributed by atoms with Gasteiger partial charge in [-0.05, 0) is 82.6 Å². The number of rotatable bonds is 1. The summed E-state index contributed by atoms with van der Waals surface area (Å²) in [4.78, 5) is 0. The molecular weight excluding hydrogens is 424 g/mol. The lowest BCUT2D eigenvalue weighted by Crippen LogP contribution is -1.92. The number of benzene rings is 3. The Hall–Kier alpha value is -1.38. The molecule has 24 heavy (non-hydrogen) atoms. The standard InChI is InChI=1S/C22H18Br2/c1-12-9-22(24)13(2)8-19(12)15-4-6-17-18-7-5-16(23)11-21(18)14(3)20(17)10-15/h4-11,14H,1-3H3. The first-order valence-electron chi connectivity index (χ1n) is 8.16. The Balaban J connectivity index is 1.87. The molecule has 0 aromatic heterocycles. The van der Waals surface area contributed by atoms with E-state index in [4.69, 9.17) is 0 Å². The molecule has 1 unspecified atom stereocenters. The van der Waals surface area contributed by atoms with E-state index < -0.39 is 0 Å². The van der Waals surface area contributed by atoms with Crippen molar-refractivity contribution in [2.75, 3.05) is 0 Å². The average molecular weight is 442 g/mol. The summed E-state index contributed by atoms with van der Waals surface area (Å²) >= 11 is 7.24. The maximum Gasteiger partial charge on any atom is 0.0207 e. The quantitative estimate of drug-likeness (QED) is 0.364. The summed E-state index contributed by atoms with van der Waals surface area (Å²) in [5.41, 5.74) is 10.8. The van der Waals surface area contributed by atoms with Crippen LogP contribution in [0.15, 0.2) is 57.5 Å². The normalized spacial score (nSPS) is 15.3. The van der Waals surface area contributed by atoms with E-state index in [0.29, 0.717) is 5.92 Å². The summed E-state index contributed by atoms with van der Waals surface area (Å²) in [7, 11) is 0. The first-order valence-corrected chi connectivity index (χ1v) is 9.75. The van der Waals surface area contributed by atoms with Gasteiger partial charge in [-0.3, -0.25) is 0 Å². The molecule has 3 aromatic rings. The lowest BCUT2D eigenvalue weighted by atomic mass is 9.93. The van der Waals surface area contributed by atoms with Crippen molar-refractivity contribution in [3.8, 4) is 22.3 Å². The van der Waals surface area contributed by atoms with Gasteiger partial charge in [0.05, 0.1) is 0 Å². The van der Waals surface area contributed by atoms with Crippen LogP contribution in [0.3, 0.4) is 0 Å². The van der Waals surface area contributed by atoms with Gasteiger partial charge in [-0.2, -0.15) is 0 Å². The highest BCUT2D eigenvalue weighted by Gasteiger charge is 2.26. The molecule has 1 aliphatic carbocycles. The van der Waals surface area contributed by atoms with Gasteiger partial charge in [0.2, 0.25) is 0 Å². The molecule has 0 bridgehead atoms. The van der Waals surface area contributed by atoms with Crippen molar-refractivity contribution in [2.45, 2.75) is 26.7 Å². The Morgan fingerprint density at radius 1 is 0.708 bits per heavy atom. The molecule has 0 heterocycles. The predicted molar refractivity (Wildman–Crippen MR) is 110 cm³/mol. The van der Waals surface area contributed by atoms with Gasteiger partial charge in [0.1, 0.15) is 0 Å². The fraction of sp³-hybridized carbons (Fsp3) is 0.182. The molecule has 0 amide bonds. The summed E-state index contributed by atoms with van der Waals surface area (Å²) < 4.78 is 2.33. The fourth-order valence-electron chi connectivity index (χ4n) is 3.73. The molecule has 0 spiro atoms. The van der Waals surface area contributed by atoms with Crippen LogP contribution in [0.5, 0.6) is 0 Å². The van der Waals surface area contributed by atoms with E-state index in [1.54, 1.807) is 0 Å². The Kier molecular flexibility index (Phi) is 3.93. The number of fused-ring (bicyclic) bond motifs is 3. The molecule has 0 aliphatic heterocycles. The van der Waals surface area contributed by atoms with Gasteiger partial charge in [0.15, 0.2) is 0 Å². The van der Waals surface area contributed by atoms with E-state index in [0.717, 1.165) is 4.47 Å². The smallest absolute Gasteiger partial charge is 0.0207 e. The van der Waals surface area contributed by atoms with Crippen molar-refractivity contribution in [1.82, 2.24) is 0 Å². The summed E-state index contributed by atoms with van der Waals surface area (Å²) in [6.45, 7) is 6.64. The van der Waals surface area contributed by atoms with Crippen molar-refractivity contribution in [3.63, 3.8) is 0 Å². The minimum Gasteiger partial charge on any atom is -0.0542 e. The van der Waals surface area contributed by atoms with E-state index in [1.807, 2.05) is 0 Å². The third-order valence-electron chi connectivity index (χ3n) is 5.10. The molecular formula is C22H18Br2. The third kappa shape index (κ3) is 2.48. The molecule has 0 nitrogen and oxygen atoms in total. The zero-order chi connectivity index (χ0) is 17.0. The van der Waals surface area contributed by atoms with Gasteiger partial charge in [-0.15, -0.1) is 0 Å². The molecule has 0 N–H and O–H groups in total. The zero-order valence-corrected chi connectivity index (χ0v) is 17.1. The predicted octanol–water partition coefficient (Wildman–Crippen LogP) is 7.63. The average Bonchev–Trinajstić information content (AvgIpc) is 2.83. The Morgan fingerprint density at radius 3 is 2.12 bits per heavy atom. The van der Waals surface area contributed by atoms with Crippen molar-refractivity contribution < 1.29 is 0 Å². The van der Waals surface area contributed by atoms with E-state index in [-0.39, 0.29) is 0 Å². The lowest BCUT2D eigenvalue weighted by Gasteiger charge is -2.12. The molecule has 0 saturated heterocycles. The first-order chi connectivity index (χ1) is 11.5. The first kappa shape index (κ1) is 16.1. The minimum absolute atomic E-state index is 0.435. The fourth-order valence-corrected chi connectivity index (χ4v) is 4.57. The second-order valence-corrected chi connectivity index (χ2v) is 8.44. The molecule has 3 aromatic carbocycles. The molecule has 4 rings (SSSR count). The minimum atomic E-state index is 0.435. The maximum absolute atomic E-state index is 3.63. The molecule has 120 valence electrons. The second kappa shape index (κ2) is 5.86. The third-order valence-corrected chi connectivity index (χ3v) is 6.45. The highest BCUT2D eigenvalue weighted by molar-refractivity contribution is 9.10. The van der Waals surface area contributed by atoms with Gasteiger partial charge in [0, 0.05) is 14.9 Å². The summed E-state index contributed by atoms with van der Waals surface area (Å²) in [6, 6.07) is 18.1. The molecule has 0 fully saturated rings. The van der Waals surface area contributed by atoms with Crippen molar-refractivity contribution in [1.29, 1.82) is 0 Å². The Bertz CT molecular complexity index is 970. The largest absolute Gasteiger partial charge is 0.0542 e. The van der Waals surface area contributed by atoms with Crippen molar-refractivity contribution in [3.05, 3.63) is 79.7 Å². The van der Waals surface area contributed by atoms with Crippen molar-refractivity contribution in [2.24, 2.45) is 0 Å². The molecule has 0 radical (unpaired) electrons. The molecule has 2 heteroatoms. The number of hydrogen-bond acceptors (Lipinski definition) is 0. The van der Waals surface area contributed by atoms with Crippen LogP contribution in [0.1, 0.15) is 35.1 Å². The van der Waals surface area contributed by atoms with Gasteiger partial charge >= 0.3 is 0 Å². The van der Waals surface area contributed by atoms with Crippen LogP contribution >= 0.6 is 31.9 Å². The topological polar surface area (TPSA) is 0 Å². The second-order valence-electron chi connectivity index (χ2n) is 6.67. The Labute approximate surface area is 160 Å². The van der Waals surface area contributed by atoms with E-state index in [1.165, 1.54) is 49.0 Å². The van der Waals surface area contributed by atoms with Crippen LogP contribution in [0.25, 0.3) is 22.3 Å². The van der Waals surface area contributed by atoms with Crippen LogP contribution in [-0.4, -0.2) is 0 Å². The highest BCUT2D eigenvalue weighted by atomic mass is 79.9. The van der Waals surface area contributed by atoms with Gasteiger partial charge in [-0.25, -0.2) is 0 Å². The van der Waals surface area contributed by atoms with Crippen LogP contribution in [0.4, 0.5) is 0 Å². The number of halogens is 2. The molecule has 0 saturated carbocycles. The molecule has 1 aliphatic rings. The summed E-state index contributed by atoms with van der Waals surface area (Å²) in [5, 5.41) is 0. The summed E-state index contributed by atoms with van der Waals surface area (Å²) in [6.07, 6.45) is 0. The number of hydrogen-bond donors (Lipinski definition) is 0. The lowest BCUT2D eigenvalue weighted by molar-refractivity contribution is 0.956.